The SMILES string of the molecule is CC(=O)Oc1cccc([C@H](N)CCO)c1. The lowest BCUT2D eigenvalue weighted by Gasteiger charge is -2.11. The van der Waals surface area contributed by atoms with Crippen LogP contribution in [0.2, 0.25) is 0 Å². The number of nitrogens with two attached hydrogens (primary N) is 1. The molecular formula is C11H15NO3. The number of ether oxygens (including phenoxy) is 1. The average molecular weight is 209 g/mol. The third-order valence-electron chi connectivity index (χ3n) is 1.99. The van der Waals surface area contributed by atoms with E-state index in [1.165, 1.54) is 6.92 Å². The molecule has 0 amide bonds. The van der Waals surface area contributed by atoms with Crippen LogP contribution in [0, 0.1) is 0 Å². The number of rotatable bonds is 4. The van der Waals surface area contributed by atoms with E-state index in [0.29, 0.717) is 12.2 Å². The first-order valence-electron chi connectivity index (χ1n) is 4.78. The lowest BCUT2D eigenvalue weighted by molar-refractivity contribution is -0.131. The molecule has 4 nitrogen and oxygen atoms in total. The molecule has 0 bridgehead atoms. The van der Waals surface area contributed by atoms with Crippen LogP contribution in [0.1, 0.15) is 24.9 Å². The number of carbonyl (C=O) groups is 1. The molecule has 0 radical (unpaired) electrons. The molecular weight excluding hydrogens is 194 g/mol. The molecule has 0 heterocycles. The molecule has 15 heavy (non-hydrogen) atoms. The summed E-state index contributed by atoms with van der Waals surface area (Å²) in [6.45, 7) is 1.39. The average Bonchev–Trinajstić information content (AvgIpc) is 2.17. The second-order valence-corrected chi connectivity index (χ2v) is 3.28. The van der Waals surface area contributed by atoms with Crippen molar-refractivity contribution >= 4 is 5.97 Å². The molecule has 1 aromatic rings. The van der Waals surface area contributed by atoms with Crippen LogP contribution in [0.25, 0.3) is 0 Å². The van der Waals surface area contributed by atoms with Crippen LogP contribution in [0.4, 0.5) is 0 Å². The maximum absolute atomic E-state index is 10.7. The molecule has 82 valence electrons. The summed E-state index contributed by atoms with van der Waals surface area (Å²) in [6.07, 6.45) is 0.490. The van der Waals surface area contributed by atoms with Gasteiger partial charge in [-0.05, 0) is 24.1 Å². The van der Waals surface area contributed by atoms with E-state index in [1.54, 1.807) is 18.2 Å². The molecule has 0 saturated heterocycles. The van der Waals surface area contributed by atoms with Crippen LogP contribution in [-0.2, 0) is 4.79 Å². The van der Waals surface area contributed by atoms with Gasteiger partial charge in [0.2, 0.25) is 0 Å². The van der Waals surface area contributed by atoms with Gasteiger partial charge in [-0.15, -0.1) is 0 Å². The van der Waals surface area contributed by atoms with Gasteiger partial charge < -0.3 is 15.6 Å². The highest BCUT2D eigenvalue weighted by Gasteiger charge is 2.06. The summed E-state index contributed by atoms with van der Waals surface area (Å²) in [7, 11) is 0. The van der Waals surface area contributed by atoms with Gasteiger partial charge in [0.05, 0.1) is 0 Å². The molecule has 0 aliphatic heterocycles. The van der Waals surface area contributed by atoms with Crippen molar-refractivity contribution in [3.05, 3.63) is 29.8 Å². The van der Waals surface area contributed by atoms with Gasteiger partial charge in [0.15, 0.2) is 0 Å². The Balaban J connectivity index is 2.77. The van der Waals surface area contributed by atoms with E-state index in [4.69, 9.17) is 15.6 Å². The van der Waals surface area contributed by atoms with Gasteiger partial charge in [-0.2, -0.15) is 0 Å². The summed E-state index contributed by atoms with van der Waals surface area (Å²) in [5, 5.41) is 8.75. The molecule has 1 rings (SSSR count). The minimum absolute atomic E-state index is 0.0406. The number of hydrogen-bond donors (Lipinski definition) is 2. The van der Waals surface area contributed by atoms with E-state index in [-0.39, 0.29) is 18.6 Å². The highest BCUT2D eigenvalue weighted by molar-refractivity contribution is 5.69. The lowest BCUT2D eigenvalue weighted by Crippen LogP contribution is -2.12. The highest BCUT2D eigenvalue weighted by atomic mass is 16.5. The zero-order valence-corrected chi connectivity index (χ0v) is 8.64. The standard InChI is InChI=1S/C11H15NO3/c1-8(14)15-10-4-2-3-9(7-10)11(12)5-6-13/h2-4,7,11,13H,5-6,12H2,1H3/t11-/m1/s1. The highest BCUT2D eigenvalue weighted by Crippen LogP contribution is 2.19. The first-order valence-corrected chi connectivity index (χ1v) is 4.78. The lowest BCUT2D eigenvalue weighted by atomic mass is 10.1. The van der Waals surface area contributed by atoms with Gasteiger partial charge in [0.25, 0.3) is 0 Å². The molecule has 3 N–H and O–H groups in total. The molecule has 0 spiro atoms. The molecule has 1 atom stereocenters. The Hall–Kier alpha value is -1.39. The summed E-state index contributed by atoms with van der Waals surface area (Å²) >= 11 is 0. The van der Waals surface area contributed by atoms with Crippen LogP contribution in [0.15, 0.2) is 24.3 Å². The van der Waals surface area contributed by atoms with E-state index >= 15 is 0 Å². The number of esters is 1. The Morgan fingerprint density at radius 2 is 2.33 bits per heavy atom. The second kappa shape index (κ2) is 5.48. The Morgan fingerprint density at radius 3 is 2.93 bits per heavy atom. The fourth-order valence-electron chi connectivity index (χ4n) is 1.28. The summed E-state index contributed by atoms with van der Waals surface area (Å²) in [6, 6.07) is 6.78. The van der Waals surface area contributed by atoms with E-state index < -0.39 is 0 Å². The molecule has 0 aliphatic rings. The largest absolute Gasteiger partial charge is 0.427 e. The van der Waals surface area contributed by atoms with Crippen molar-refractivity contribution in [2.75, 3.05) is 6.61 Å². The maximum atomic E-state index is 10.7. The minimum atomic E-state index is -0.358. The van der Waals surface area contributed by atoms with Gasteiger partial charge in [0.1, 0.15) is 5.75 Å². The van der Waals surface area contributed by atoms with Crippen molar-refractivity contribution in [3.8, 4) is 5.75 Å². The summed E-state index contributed by atoms with van der Waals surface area (Å²) in [5.74, 6) is 0.122. The van der Waals surface area contributed by atoms with Crippen molar-refractivity contribution < 1.29 is 14.6 Å². The van der Waals surface area contributed by atoms with E-state index in [1.807, 2.05) is 6.07 Å². The topological polar surface area (TPSA) is 72.5 Å². The number of hydrogen-bond acceptors (Lipinski definition) is 4. The Morgan fingerprint density at radius 1 is 1.60 bits per heavy atom. The van der Waals surface area contributed by atoms with Crippen LogP contribution in [-0.4, -0.2) is 17.7 Å². The van der Waals surface area contributed by atoms with Crippen LogP contribution in [0.5, 0.6) is 5.75 Å². The van der Waals surface area contributed by atoms with Crippen molar-refractivity contribution in [3.63, 3.8) is 0 Å². The van der Waals surface area contributed by atoms with E-state index in [0.717, 1.165) is 5.56 Å². The first-order chi connectivity index (χ1) is 7.13. The quantitative estimate of drug-likeness (QED) is 0.573. The molecule has 4 heteroatoms. The monoisotopic (exact) mass is 209 g/mol. The number of benzene rings is 1. The normalized spacial score (nSPS) is 12.2. The van der Waals surface area contributed by atoms with Crippen molar-refractivity contribution in [1.82, 2.24) is 0 Å². The Labute approximate surface area is 88.7 Å². The van der Waals surface area contributed by atoms with Gasteiger partial charge >= 0.3 is 5.97 Å². The zero-order chi connectivity index (χ0) is 11.3. The fraction of sp³-hybridized carbons (Fsp3) is 0.364. The van der Waals surface area contributed by atoms with E-state index in [2.05, 4.69) is 0 Å². The van der Waals surface area contributed by atoms with Gasteiger partial charge in [-0.3, -0.25) is 4.79 Å². The summed E-state index contributed by atoms with van der Waals surface area (Å²) < 4.78 is 4.93. The third-order valence-corrected chi connectivity index (χ3v) is 1.99. The predicted octanol–water partition coefficient (Wildman–Crippen LogP) is 0.994. The van der Waals surface area contributed by atoms with Gasteiger partial charge in [0, 0.05) is 19.6 Å². The molecule has 1 aromatic carbocycles. The zero-order valence-electron chi connectivity index (χ0n) is 8.64. The fourth-order valence-corrected chi connectivity index (χ4v) is 1.28. The molecule has 0 saturated carbocycles. The summed E-state index contributed by atoms with van der Waals surface area (Å²) in [4.78, 5) is 10.7. The summed E-state index contributed by atoms with van der Waals surface area (Å²) in [5.41, 5.74) is 6.65. The number of aliphatic hydroxyl groups excluding tert-OH is 1. The third kappa shape index (κ3) is 3.69. The van der Waals surface area contributed by atoms with Crippen LogP contribution >= 0.6 is 0 Å². The molecule has 0 fully saturated rings. The van der Waals surface area contributed by atoms with Crippen LogP contribution in [0.3, 0.4) is 0 Å². The minimum Gasteiger partial charge on any atom is -0.427 e. The molecule has 0 aromatic heterocycles. The van der Waals surface area contributed by atoms with Crippen molar-refractivity contribution in [2.45, 2.75) is 19.4 Å². The predicted molar refractivity (Wildman–Crippen MR) is 56.4 cm³/mol. The Bertz CT molecular complexity index is 338. The van der Waals surface area contributed by atoms with Crippen molar-refractivity contribution in [1.29, 1.82) is 0 Å². The van der Waals surface area contributed by atoms with E-state index in [9.17, 15) is 4.79 Å². The molecule has 0 aliphatic carbocycles. The van der Waals surface area contributed by atoms with Crippen LogP contribution < -0.4 is 10.5 Å². The van der Waals surface area contributed by atoms with Crippen molar-refractivity contribution in [2.24, 2.45) is 5.73 Å². The Kier molecular flexibility index (Phi) is 4.27. The maximum Gasteiger partial charge on any atom is 0.308 e. The molecule has 0 unspecified atom stereocenters. The second-order valence-electron chi connectivity index (χ2n) is 3.28. The first kappa shape index (κ1) is 11.7. The number of carbonyl (C=O) groups excluding carboxylic acids is 1. The van der Waals surface area contributed by atoms with Gasteiger partial charge in [-0.1, -0.05) is 12.1 Å². The smallest absolute Gasteiger partial charge is 0.308 e. The number of aliphatic hydroxyl groups is 1. The van der Waals surface area contributed by atoms with Gasteiger partial charge in [-0.25, -0.2) is 0 Å².